The van der Waals surface area contributed by atoms with Crippen LogP contribution in [0.1, 0.15) is 21.5 Å². The molecule has 0 saturated carbocycles. The third-order valence-corrected chi connectivity index (χ3v) is 4.69. The molecule has 0 N–H and O–H groups in total. The molecule has 0 aliphatic carbocycles. The summed E-state index contributed by atoms with van der Waals surface area (Å²) >= 11 is 5.94. The number of nitrogens with zero attached hydrogens (tertiary/aromatic N) is 1. The minimum absolute atomic E-state index is 0.0261. The van der Waals surface area contributed by atoms with Gasteiger partial charge in [0.15, 0.2) is 5.78 Å². The second-order valence-corrected chi connectivity index (χ2v) is 6.32. The normalized spacial score (nSPS) is 14.6. The molecule has 1 saturated heterocycles. The van der Waals surface area contributed by atoms with Gasteiger partial charge < -0.3 is 14.4 Å². The molecule has 26 heavy (non-hydrogen) atoms. The van der Waals surface area contributed by atoms with E-state index in [9.17, 15) is 4.79 Å². The van der Waals surface area contributed by atoms with Crippen molar-refractivity contribution in [2.45, 2.75) is 5.88 Å². The molecule has 1 fully saturated rings. The first-order valence-corrected chi connectivity index (χ1v) is 9.13. The van der Waals surface area contributed by atoms with Crippen LogP contribution in [0.2, 0.25) is 0 Å². The van der Waals surface area contributed by atoms with E-state index >= 15 is 0 Å². The Morgan fingerprint density at radius 1 is 1.19 bits per heavy atom. The van der Waals surface area contributed by atoms with Crippen molar-refractivity contribution in [3.05, 3.63) is 65.2 Å². The molecule has 2 aromatic rings. The molecule has 5 heteroatoms. The van der Waals surface area contributed by atoms with Gasteiger partial charge in [-0.3, -0.25) is 4.79 Å². The van der Waals surface area contributed by atoms with Gasteiger partial charge in [0.25, 0.3) is 0 Å². The van der Waals surface area contributed by atoms with Crippen LogP contribution in [0.3, 0.4) is 0 Å². The lowest BCUT2D eigenvalue weighted by Crippen LogP contribution is -2.36. The number of anilines is 1. The Morgan fingerprint density at radius 2 is 1.92 bits per heavy atom. The van der Waals surface area contributed by atoms with Gasteiger partial charge in [-0.15, -0.1) is 11.6 Å². The molecule has 1 heterocycles. The van der Waals surface area contributed by atoms with E-state index in [1.165, 1.54) is 0 Å². The van der Waals surface area contributed by atoms with Crippen LogP contribution in [0, 0.1) is 0 Å². The third-order valence-electron chi connectivity index (χ3n) is 4.40. The molecule has 1 aliphatic rings. The third kappa shape index (κ3) is 4.45. The lowest BCUT2D eigenvalue weighted by atomic mass is 10.1. The molecular formula is C21H22ClNO3. The zero-order chi connectivity index (χ0) is 18.4. The average Bonchev–Trinajstić information content (AvgIpc) is 2.72. The van der Waals surface area contributed by atoms with Crippen molar-refractivity contribution in [3.63, 3.8) is 0 Å². The second-order valence-electron chi connectivity index (χ2n) is 6.05. The van der Waals surface area contributed by atoms with Crippen LogP contribution >= 0.6 is 11.6 Å². The molecule has 0 spiro atoms. The summed E-state index contributed by atoms with van der Waals surface area (Å²) in [4.78, 5) is 14.7. The Hall–Kier alpha value is -2.30. The van der Waals surface area contributed by atoms with Gasteiger partial charge in [-0.05, 0) is 48.0 Å². The number of halogens is 1. The maximum Gasteiger partial charge on any atom is 0.185 e. The molecule has 0 amide bonds. The molecule has 0 atom stereocenters. The summed E-state index contributed by atoms with van der Waals surface area (Å²) in [5, 5.41) is 0. The summed E-state index contributed by atoms with van der Waals surface area (Å²) in [5.41, 5.74) is 3.61. The number of hydrogen-bond acceptors (Lipinski definition) is 4. The smallest absolute Gasteiger partial charge is 0.185 e. The van der Waals surface area contributed by atoms with E-state index in [1.807, 2.05) is 42.5 Å². The summed E-state index contributed by atoms with van der Waals surface area (Å²) in [6, 6.07) is 13.4. The van der Waals surface area contributed by atoms with E-state index in [4.69, 9.17) is 21.1 Å². The van der Waals surface area contributed by atoms with Gasteiger partial charge >= 0.3 is 0 Å². The van der Waals surface area contributed by atoms with Crippen LogP contribution < -0.4 is 9.64 Å². The highest BCUT2D eigenvalue weighted by Gasteiger charge is 2.11. The highest BCUT2D eigenvalue weighted by Crippen LogP contribution is 2.22. The van der Waals surface area contributed by atoms with Gasteiger partial charge in [0.1, 0.15) is 5.75 Å². The van der Waals surface area contributed by atoms with E-state index in [2.05, 4.69) is 4.90 Å². The Kier molecular flexibility index (Phi) is 6.31. The minimum Gasteiger partial charge on any atom is -0.496 e. The van der Waals surface area contributed by atoms with Crippen LogP contribution in [-0.4, -0.2) is 39.2 Å². The number of benzene rings is 2. The van der Waals surface area contributed by atoms with Crippen molar-refractivity contribution >= 4 is 29.1 Å². The highest BCUT2D eigenvalue weighted by molar-refractivity contribution is 6.17. The number of carbonyl (C=O) groups is 1. The van der Waals surface area contributed by atoms with Crippen LogP contribution in [0.25, 0.3) is 6.08 Å². The van der Waals surface area contributed by atoms with Crippen LogP contribution in [0.15, 0.2) is 48.5 Å². The number of carbonyl (C=O) groups excluding carboxylic acids is 1. The fraction of sp³-hybridized carbons (Fsp3) is 0.286. The minimum atomic E-state index is -0.0261. The summed E-state index contributed by atoms with van der Waals surface area (Å²) in [6.07, 6.45) is 3.39. The number of rotatable bonds is 6. The molecule has 4 nitrogen and oxygen atoms in total. The molecular weight excluding hydrogens is 350 g/mol. The van der Waals surface area contributed by atoms with Crippen LogP contribution in [0.4, 0.5) is 5.69 Å². The fourth-order valence-electron chi connectivity index (χ4n) is 2.93. The second kappa shape index (κ2) is 8.88. The predicted molar refractivity (Wildman–Crippen MR) is 105 cm³/mol. The van der Waals surface area contributed by atoms with Crippen LogP contribution in [0.5, 0.6) is 5.75 Å². The maximum absolute atomic E-state index is 12.4. The van der Waals surface area contributed by atoms with Gasteiger partial charge in [0, 0.05) is 29.9 Å². The van der Waals surface area contributed by atoms with Crippen molar-refractivity contribution in [3.8, 4) is 5.75 Å². The number of methoxy groups -OCH3 is 1. The SMILES string of the molecule is COc1ccc(/C=C/C(=O)c2ccc(N3CCOCC3)cc2)cc1CCl. The zero-order valence-corrected chi connectivity index (χ0v) is 15.5. The van der Waals surface area contributed by atoms with Crippen molar-refractivity contribution in [2.24, 2.45) is 0 Å². The van der Waals surface area contributed by atoms with E-state index in [-0.39, 0.29) is 5.78 Å². The van der Waals surface area contributed by atoms with E-state index in [1.54, 1.807) is 19.3 Å². The van der Waals surface area contributed by atoms with Gasteiger partial charge in [-0.25, -0.2) is 0 Å². The molecule has 0 unspecified atom stereocenters. The van der Waals surface area contributed by atoms with E-state index in [0.717, 1.165) is 48.9 Å². The Morgan fingerprint density at radius 3 is 2.58 bits per heavy atom. The molecule has 2 aromatic carbocycles. The Bertz CT molecular complexity index is 780. The van der Waals surface area contributed by atoms with Crippen molar-refractivity contribution in [1.82, 2.24) is 0 Å². The molecule has 1 aliphatic heterocycles. The maximum atomic E-state index is 12.4. The quantitative estimate of drug-likeness (QED) is 0.434. The van der Waals surface area contributed by atoms with E-state index in [0.29, 0.717) is 11.4 Å². The largest absolute Gasteiger partial charge is 0.496 e. The lowest BCUT2D eigenvalue weighted by Gasteiger charge is -2.28. The molecule has 136 valence electrons. The zero-order valence-electron chi connectivity index (χ0n) is 14.8. The van der Waals surface area contributed by atoms with Gasteiger partial charge in [-0.2, -0.15) is 0 Å². The van der Waals surface area contributed by atoms with Crippen molar-refractivity contribution in [2.75, 3.05) is 38.3 Å². The van der Waals surface area contributed by atoms with Crippen molar-refractivity contribution < 1.29 is 14.3 Å². The number of ether oxygens (including phenoxy) is 2. The first kappa shape index (κ1) is 18.5. The first-order chi connectivity index (χ1) is 12.7. The highest BCUT2D eigenvalue weighted by atomic mass is 35.5. The molecule has 0 aromatic heterocycles. The number of ketones is 1. The lowest BCUT2D eigenvalue weighted by molar-refractivity contribution is 0.104. The Balaban J connectivity index is 1.68. The summed E-state index contributed by atoms with van der Waals surface area (Å²) < 4.78 is 10.6. The summed E-state index contributed by atoms with van der Waals surface area (Å²) in [5.74, 6) is 1.09. The Labute approximate surface area is 159 Å². The number of allylic oxidation sites excluding steroid dienone is 1. The number of alkyl halides is 1. The van der Waals surface area contributed by atoms with Gasteiger partial charge in [-0.1, -0.05) is 12.1 Å². The predicted octanol–water partition coefficient (Wildman–Crippen LogP) is 4.17. The summed E-state index contributed by atoms with van der Waals surface area (Å²) in [7, 11) is 1.62. The van der Waals surface area contributed by atoms with Crippen LogP contribution in [-0.2, 0) is 10.6 Å². The van der Waals surface area contributed by atoms with Crippen molar-refractivity contribution in [1.29, 1.82) is 0 Å². The topological polar surface area (TPSA) is 38.8 Å². The fourth-order valence-corrected chi connectivity index (χ4v) is 3.14. The van der Waals surface area contributed by atoms with Gasteiger partial charge in [0.2, 0.25) is 0 Å². The average molecular weight is 372 g/mol. The molecule has 3 rings (SSSR count). The molecule has 0 radical (unpaired) electrons. The number of hydrogen-bond donors (Lipinski definition) is 0. The van der Waals surface area contributed by atoms with E-state index < -0.39 is 0 Å². The molecule has 0 bridgehead atoms. The summed E-state index contributed by atoms with van der Waals surface area (Å²) in [6.45, 7) is 3.26. The first-order valence-electron chi connectivity index (χ1n) is 8.59. The van der Waals surface area contributed by atoms with Gasteiger partial charge in [0.05, 0.1) is 26.2 Å². The number of morpholine rings is 1. The monoisotopic (exact) mass is 371 g/mol. The standard InChI is InChI=1S/C21H22ClNO3/c1-25-21-9-3-16(14-18(21)15-22)2-8-20(24)17-4-6-19(7-5-17)23-10-12-26-13-11-23/h2-9,14H,10-13,15H2,1H3/b8-2+.